The molecule has 0 saturated heterocycles. The van der Waals surface area contributed by atoms with Crippen molar-refractivity contribution in [3.05, 3.63) is 53.8 Å². The number of carbonyl (C=O) groups is 1. The molecule has 0 fully saturated rings. The molecule has 0 aromatic heterocycles. The topological polar surface area (TPSA) is 102 Å². The van der Waals surface area contributed by atoms with Crippen LogP contribution >= 0.6 is 12.4 Å². The van der Waals surface area contributed by atoms with E-state index in [0.29, 0.717) is 5.56 Å². The molecule has 6 nitrogen and oxygen atoms in total. The molecule has 25 heavy (non-hydrogen) atoms. The fourth-order valence-corrected chi connectivity index (χ4v) is 2.00. The third-order valence-electron chi connectivity index (χ3n) is 3.22. The summed E-state index contributed by atoms with van der Waals surface area (Å²) in [5, 5.41) is 18.6. The van der Waals surface area contributed by atoms with Gasteiger partial charge in [0.25, 0.3) is 0 Å². The molecule has 0 bridgehead atoms. The molecule has 0 aliphatic heterocycles. The molecule has 0 saturated carbocycles. The van der Waals surface area contributed by atoms with Crippen LogP contribution in [-0.2, 0) is 16.0 Å². The number of hydrogen-bond donors (Lipinski definition) is 3. The Morgan fingerprint density at radius 1 is 1.12 bits per heavy atom. The molecule has 1 atom stereocenters. The van der Waals surface area contributed by atoms with E-state index in [1.54, 1.807) is 18.2 Å². The second-order valence-electron chi connectivity index (χ2n) is 5.08. The van der Waals surface area contributed by atoms with Crippen LogP contribution in [0.15, 0.2) is 42.5 Å². The van der Waals surface area contributed by atoms with Crippen molar-refractivity contribution < 1.29 is 28.9 Å². The van der Waals surface area contributed by atoms with Crippen molar-refractivity contribution in [1.82, 2.24) is 0 Å². The van der Waals surface area contributed by atoms with Crippen molar-refractivity contribution in [3.8, 4) is 17.2 Å². The van der Waals surface area contributed by atoms with E-state index in [2.05, 4.69) is 0 Å². The predicted molar refractivity (Wildman–Crippen MR) is 91.6 cm³/mol. The van der Waals surface area contributed by atoms with Crippen LogP contribution in [0.3, 0.4) is 0 Å². The number of aromatic hydroxyl groups is 2. The van der Waals surface area contributed by atoms with E-state index in [1.165, 1.54) is 24.3 Å². The quantitative estimate of drug-likeness (QED) is 0.391. The standard InChI is InChI=1S/C17H18FNO5.ClH/c18-12-3-1-2-4-16(12)23-7-8-24-17(22)13(19)9-11-5-6-14(20)15(21)10-11;/h1-6,10,13,20-21H,7-9,19H2;1H/t13-;/m0./s1. The smallest absolute Gasteiger partial charge is 0.323 e. The van der Waals surface area contributed by atoms with Crippen molar-refractivity contribution in [2.75, 3.05) is 13.2 Å². The van der Waals surface area contributed by atoms with Crippen LogP contribution in [0.2, 0.25) is 0 Å². The van der Waals surface area contributed by atoms with Crippen LogP contribution in [0.5, 0.6) is 17.2 Å². The van der Waals surface area contributed by atoms with Crippen LogP contribution in [0, 0.1) is 5.82 Å². The lowest BCUT2D eigenvalue weighted by Gasteiger charge is -2.12. The van der Waals surface area contributed by atoms with Crippen LogP contribution in [-0.4, -0.2) is 35.4 Å². The number of carbonyl (C=O) groups excluding carboxylic acids is 1. The SMILES string of the molecule is Cl.N[C@@H](Cc1ccc(O)c(O)c1)C(=O)OCCOc1ccccc1F. The highest BCUT2D eigenvalue weighted by atomic mass is 35.5. The average Bonchev–Trinajstić information content (AvgIpc) is 2.56. The molecule has 0 aliphatic rings. The van der Waals surface area contributed by atoms with Gasteiger partial charge in [0.15, 0.2) is 23.1 Å². The fraction of sp³-hybridized carbons (Fsp3) is 0.235. The highest BCUT2D eigenvalue weighted by Gasteiger charge is 2.16. The van der Waals surface area contributed by atoms with Crippen molar-refractivity contribution >= 4 is 18.4 Å². The number of benzene rings is 2. The maximum atomic E-state index is 13.3. The van der Waals surface area contributed by atoms with Crippen LogP contribution < -0.4 is 10.5 Å². The summed E-state index contributed by atoms with van der Waals surface area (Å²) >= 11 is 0. The Morgan fingerprint density at radius 3 is 2.52 bits per heavy atom. The number of halogens is 2. The van der Waals surface area contributed by atoms with Gasteiger partial charge in [-0.1, -0.05) is 18.2 Å². The summed E-state index contributed by atoms with van der Waals surface area (Å²) in [6.07, 6.45) is 0.140. The first-order valence-electron chi connectivity index (χ1n) is 7.28. The Bertz CT molecular complexity index is 713. The largest absolute Gasteiger partial charge is 0.504 e. The first-order chi connectivity index (χ1) is 11.5. The summed E-state index contributed by atoms with van der Waals surface area (Å²) in [5.74, 6) is -1.59. The van der Waals surface area contributed by atoms with Crippen molar-refractivity contribution in [2.45, 2.75) is 12.5 Å². The summed E-state index contributed by atoms with van der Waals surface area (Å²) in [6.45, 7) is -0.0684. The molecule has 4 N–H and O–H groups in total. The Hall–Kier alpha value is -2.51. The van der Waals surface area contributed by atoms with Crippen molar-refractivity contribution in [1.29, 1.82) is 0 Å². The Balaban J connectivity index is 0.00000312. The van der Waals surface area contributed by atoms with E-state index >= 15 is 0 Å². The van der Waals surface area contributed by atoms with E-state index in [4.69, 9.17) is 15.2 Å². The second kappa shape index (κ2) is 9.71. The van der Waals surface area contributed by atoms with E-state index in [0.717, 1.165) is 0 Å². The second-order valence-corrected chi connectivity index (χ2v) is 5.08. The summed E-state index contributed by atoms with van der Waals surface area (Å²) in [6, 6.07) is 9.17. The minimum atomic E-state index is -0.928. The van der Waals surface area contributed by atoms with E-state index in [9.17, 15) is 19.4 Å². The molecule has 8 heteroatoms. The molecule has 136 valence electrons. The van der Waals surface area contributed by atoms with Crippen LogP contribution in [0.25, 0.3) is 0 Å². The molecule has 2 rings (SSSR count). The first kappa shape index (κ1) is 20.5. The number of nitrogens with two attached hydrogens (primary N) is 1. The summed E-state index contributed by atoms with van der Waals surface area (Å²) in [7, 11) is 0. The van der Waals surface area contributed by atoms with Gasteiger partial charge < -0.3 is 25.4 Å². The fourth-order valence-electron chi connectivity index (χ4n) is 2.00. The molecule has 2 aromatic rings. The lowest BCUT2D eigenvalue weighted by Crippen LogP contribution is -2.35. The van der Waals surface area contributed by atoms with Crippen LogP contribution in [0.1, 0.15) is 5.56 Å². The monoisotopic (exact) mass is 371 g/mol. The molecular formula is C17H19ClFNO5. The highest BCUT2D eigenvalue weighted by molar-refractivity contribution is 5.85. The summed E-state index contributed by atoms with van der Waals surface area (Å²) in [5.41, 5.74) is 6.32. The number of rotatable bonds is 7. The number of phenolic OH excluding ortho intramolecular Hbond substituents is 2. The van der Waals surface area contributed by atoms with Gasteiger partial charge in [0.1, 0.15) is 19.3 Å². The van der Waals surface area contributed by atoms with Gasteiger partial charge in [-0.2, -0.15) is 0 Å². The van der Waals surface area contributed by atoms with Gasteiger partial charge >= 0.3 is 5.97 Å². The lowest BCUT2D eigenvalue weighted by molar-refractivity contribution is -0.145. The minimum Gasteiger partial charge on any atom is -0.504 e. The maximum absolute atomic E-state index is 13.3. The van der Waals surface area contributed by atoms with E-state index < -0.39 is 17.8 Å². The van der Waals surface area contributed by atoms with Crippen molar-refractivity contribution in [2.24, 2.45) is 5.73 Å². The number of esters is 1. The normalized spacial score (nSPS) is 11.3. The Kier molecular flexibility index (Phi) is 7.97. The summed E-state index contributed by atoms with van der Waals surface area (Å²) < 4.78 is 23.4. The molecule has 0 unspecified atom stereocenters. The molecule has 2 aromatic carbocycles. The molecule has 0 amide bonds. The third-order valence-corrected chi connectivity index (χ3v) is 3.22. The molecular weight excluding hydrogens is 353 g/mol. The Morgan fingerprint density at radius 2 is 1.84 bits per heavy atom. The zero-order chi connectivity index (χ0) is 17.5. The van der Waals surface area contributed by atoms with E-state index in [-0.39, 0.29) is 49.3 Å². The lowest BCUT2D eigenvalue weighted by atomic mass is 10.1. The molecule has 0 aliphatic carbocycles. The highest BCUT2D eigenvalue weighted by Crippen LogP contribution is 2.25. The molecule has 0 spiro atoms. The van der Waals surface area contributed by atoms with Crippen LogP contribution in [0.4, 0.5) is 4.39 Å². The average molecular weight is 372 g/mol. The van der Waals surface area contributed by atoms with Gasteiger partial charge in [-0.25, -0.2) is 4.39 Å². The van der Waals surface area contributed by atoms with Gasteiger partial charge in [0, 0.05) is 0 Å². The number of hydrogen-bond acceptors (Lipinski definition) is 6. The van der Waals surface area contributed by atoms with Gasteiger partial charge in [-0.15, -0.1) is 12.4 Å². The zero-order valence-electron chi connectivity index (χ0n) is 13.2. The Labute approximate surface area is 150 Å². The molecule has 0 heterocycles. The maximum Gasteiger partial charge on any atom is 0.323 e. The summed E-state index contributed by atoms with van der Waals surface area (Å²) in [4.78, 5) is 11.8. The van der Waals surface area contributed by atoms with Gasteiger partial charge in [-0.3, -0.25) is 4.79 Å². The number of para-hydroxylation sites is 1. The van der Waals surface area contributed by atoms with Gasteiger partial charge in [-0.05, 0) is 36.2 Å². The molecule has 0 radical (unpaired) electrons. The zero-order valence-corrected chi connectivity index (χ0v) is 14.0. The third kappa shape index (κ3) is 6.13. The van der Waals surface area contributed by atoms with E-state index in [1.807, 2.05) is 0 Å². The van der Waals surface area contributed by atoms with Gasteiger partial charge in [0.05, 0.1) is 0 Å². The number of phenols is 2. The predicted octanol–water partition coefficient (Wildman–Crippen LogP) is 2.15. The van der Waals surface area contributed by atoms with Gasteiger partial charge in [0.2, 0.25) is 0 Å². The van der Waals surface area contributed by atoms with Crippen molar-refractivity contribution in [3.63, 3.8) is 0 Å². The number of ether oxygens (including phenoxy) is 2. The minimum absolute atomic E-state index is 0. The first-order valence-corrected chi connectivity index (χ1v) is 7.28.